The SMILES string of the molecule is CCOc1cc(C)c(-c2nc3ccccc3c(=O)n2N=Cc2cccc(OC)c2O[C@@H](C)C(=O)OC)cc1C(C)C. The van der Waals surface area contributed by atoms with Gasteiger partial charge in [0, 0.05) is 11.1 Å². The van der Waals surface area contributed by atoms with Crippen LogP contribution in [-0.2, 0) is 9.53 Å². The molecule has 9 nitrogen and oxygen atoms in total. The van der Waals surface area contributed by atoms with E-state index in [-0.39, 0.29) is 11.5 Å². The van der Waals surface area contributed by atoms with Gasteiger partial charge in [0.05, 0.1) is 37.9 Å². The maximum Gasteiger partial charge on any atom is 0.346 e. The number of benzene rings is 3. The van der Waals surface area contributed by atoms with Crippen molar-refractivity contribution in [1.82, 2.24) is 9.66 Å². The summed E-state index contributed by atoms with van der Waals surface area (Å²) in [6, 6.07) is 16.4. The molecule has 3 aromatic carbocycles. The fraction of sp³-hybridized carbons (Fsp3) is 0.312. The van der Waals surface area contributed by atoms with Gasteiger partial charge in [-0.3, -0.25) is 4.79 Å². The lowest BCUT2D eigenvalue weighted by molar-refractivity contribution is -0.147. The van der Waals surface area contributed by atoms with Crippen molar-refractivity contribution < 1.29 is 23.7 Å². The minimum Gasteiger partial charge on any atom is -0.494 e. The van der Waals surface area contributed by atoms with E-state index in [2.05, 4.69) is 18.9 Å². The van der Waals surface area contributed by atoms with Crippen molar-refractivity contribution in [2.75, 3.05) is 20.8 Å². The molecule has 0 bridgehead atoms. The molecule has 0 N–H and O–H groups in total. The zero-order valence-electron chi connectivity index (χ0n) is 24.4. The lowest BCUT2D eigenvalue weighted by atomic mass is 9.96. The van der Waals surface area contributed by atoms with E-state index in [0.717, 1.165) is 22.4 Å². The van der Waals surface area contributed by atoms with Gasteiger partial charge in [-0.25, -0.2) is 9.78 Å². The topological polar surface area (TPSA) is 101 Å². The Kier molecular flexibility index (Phi) is 9.07. The third-order valence-electron chi connectivity index (χ3n) is 6.64. The van der Waals surface area contributed by atoms with Crippen LogP contribution in [0.1, 0.15) is 50.3 Å². The van der Waals surface area contributed by atoms with E-state index in [4.69, 9.17) is 23.9 Å². The molecule has 1 aromatic heterocycles. The van der Waals surface area contributed by atoms with Crippen molar-refractivity contribution in [1.29, 1.82) is 0 Å². The van der Waals surface area contributed by atoms with E-state index in [0.29, 0.717) is 40.4 Å². The largest absolute Gasteiger partial charge is 0.494 e. The van der Waals surface area contributed by atoms with Crippen molar-refractivity contribution in [3.05, 3.63) is 81.6 Å². The Hall–Kier alpha value is -4.66. The van der Waals surface area contributed by atoms with Crippen LogP contribution in [0.3, 0.4) is 0 Å². The molecule has 0 saturated heterocycles. The molecule has 0 aliphatic heterocycles. The number of para-hydroxylation sites is 2. The van der Waals surface area contributed by atoms with Gasteiger partial charge in [0.15, 0.2) is 23.4 Å². The Morgan fingerprint density at radius 1 is 1.05 bits per heavy atom. The second-order valence-corrected chi connectivity index (χ2v) is 9.77. The summed E-state index contributed by atoms with van der Waals surface area (Å²) < 4.78 is 23.4. The first-order valence-electron chi connectivity index (χ1n) is 13.4. The van der Waals surface area contributed by atoms with Gasteiger partial charge in [0.25, 0.3) is 5.56 Å². The van der Waals surface area contributed by atoms with E-state index in [9.17, 15) is 9.59 Å². The molecule has 0 fully saturated rings. The first-order chi connectivity index (χ1) is 19.7. The Labute approximate surface area is 239 Å². The molecule has 0 aliphatic rings. The van der Waals surface area contributed by atoms with E-state index < -0.39 is 12.1 Å². The molecule has 0 radical (unpaired) electrons. The monoisotopic (exact) mass is 557 g/mol. The molecule has 0 unspecified atom stereocenters. The Morgan fingerprint density at radius 2 is 1.80 bits per heavy atom. The molecular formula is C32H35N3O6. The molecular weight excluding hydrogens is 522 g/mol. The number of carbonyl (C=O) groups excluding carboxylic acids is 1. The summed E-state index contributed by atoms with van der Waals surface area (Å²) in [6.45, 7) is 10.2. The first kappa shape index (κ1) is 29.3. The highest BCUT2D eigenvalue weighted by Crippen LogP contribution is 2.35. The van der Waals surface area contributed by atoms with E-state index in [1.165, 1.54) is 25.1 Å². The van der Waals surface area contributed by atoms with Crippen LogP contribution in [0.25, 0.3) is 22.3 Å². The summed E-state index contributed by atoms with van der Waals surface area (Å²) >= 11 is 0. The number of methoxy groups -OCH3 is 2. The molecule has 9 heteroatoms. The second-order valence-electron chi connectivity index (χ2n) is 9.77. The normalized spacial score (nSPS) is 12.1. The number of hydrogen-bond donors (Lipinski definition) is 0. The lowest BCUT2D eigenvalue weighted by Gasteiger charge is -2.18. The maximum absolute atomic E-state index is 13.8. The number of aryl methyl sites for hydroxylation is 1. The van der Waals surface area contributed by atoms with Crippen LogP contribution in [0.5, 0.6) is 17.2 Å². The number of hydrogen-bond acceptors (Lipinski definition) is 8. The second kappa shape index (κ2) is 12.7. The zero-order valence-corrected chi connectivity index (χ0v) is 24.4. The van der Waals surface area contributed by atoms with E-state index in [1.54, 1.807) is 37.3 Å². The van der Waals surface area contributed by atoms with Crippen molar-refractivity contribution in [2.24, 2.45) is 5.10 Å². The quantitative estimate of drug-likeness (QED) is 0.181. The van der Waals surface area contributed by atoms with Crippen LogP contribution in [0.2, 0.25) is 0 Å². The third kappa shape index (κ3) is 6.09. The fourth-order valence-electron chi connectivity index (χ4n) is 4.51. The Morgan fingerprint density at radius 3 is 2.49 bits per heavy atom. The van der Waals surface area contributed by atoms with Gasteiger partial charge in [0.2, 0.25) is 0 Å². The summed E-state index contributed by atoms with van der Waals surface area (Å²) in [5, 5.41) is 5.05. The van der Waals surface area contributed by atoms with E-state index in [1.807, 2.05) is 38.1 Å². The van der Waals surface area contributed by atoms with Gasteiger partial charge in [-0.15, -0.1) is 0 Å². The molecule has 0 amide bonds. The summed E-state index contributed by atoms with van der Waals surface area (Å²) in [5.41, 5.74) is 3.40. The average molecular weight is 558 g/mol. The number of rotatable bonds is 10. The van der Waals surface area contributed by atoms with Crippen LogP contribution >= 0.6 is 0 Å². The summed E-state index contributed by atoms with van der Waals surface area (Å²) in [7, 11) is 2.80. The molecule has 1 atom stereocenters. The molecule has 41 heavy (non-hydrogen) atoms. The minimum absolute atomic E-state index is 0.174. The average Bonchev–Trinajstić information content (AvgIpc) is 2.96. The number of fused-ring (bicyclic) bond motifs is 1. The molecule has 214 valence electrons. The predicted octanol–water partition coefficient (Wildman–Crippen LogP) is 5.73. The van der Waals surface area contributed by atoms with Gasteiger partial charge in [-0.1, -0.05) is 32.0 Å². The standard InChI is InChI=1S/C32H35N3O6/c1-8-40-28-16-20(4)25(17-24(28)19(2)3)30-34-26-14-10-9-13-23(26)31(36)35(30)33-18-22-12-11-15-27(38-6)29(22)41-21(5)32(37)39-7/h9-19,21H,8H2,1-7H3/t21-/m0/s1. The highest BCUT2D eigenvalue weighted by molar-refractivity contribution is 5.86. The van der Waals surface area contributed by atoms with Crippen LogP contribution < -0.4 is 19.8 Å². The summed E-state index contributed by atoms with van der Waals surface area (Å²) in [5.74, 6) is 1.52. The van der Waals surface area contributed by atoms with Crippen LogP contribution in [-0.4, -0.2) is 48.8 Å². The maximum atomic E-state index is 13.8. The number of ether oxygens (including phenoxy) is 4. The molecule has 1 heterocycles. The fourth-order valence-corrected chi connectivity index (χ4v) is 4.51. The molecule has 4 aromatic rings. The van der Waals surface area contributed by atoms with Crippen molar-refractivity contribution in [3.63, 3.8) is 0 Å². The van der Waals surface area contributed by atoms with Gasteiger partial charge < -0.3 is 18.9 Å². The van der Waals surface area contributed by atoms with Gasteiger partial charge in [-0.2, -0.15) is 9.78 Å². The zero-order chi connectivity index (χ0) is 29.7. The summed E-state index contributed by atoms with van der Waals surface area (Å²) in [6.07, 6.45) is 0.598. The highest BCUT2D eigenvalue weighted by Gasteiger charge is 2.21. The molecule has 0 spiro atoms. The Balaban J connectivity index is 1.94. The third-order valence-corrected chi connectivity index (χ3v) is 6.64. The Bertz CT molecular complexity index is 1660. The summed E-state index contributed by atoms with van der Waals surface area (Å²) in [4.78, 5) is 30.8. The molecule has 4 rings (SSSR count). The van der Waals surface area contributed by atoms with Gasteiger partial charge >= 0.3 is 5.97 Å². The van der Waals surface area contributed by atoms with Crippen LogP contribution in [0, 0.1) is 6.92 Å². The predicted molar refractivity (Wildman–Crippen MR) is 160 cm³/mol. The van der Waals surface area contributed by atoms with E-state index >= 15 is 0 Å². The van der Waals surface area contributed by atoms with Gasteiger partial charge in [-0.05, 0) is 74.2 Å². The smallest absolute Gasteiger partial charge is 0.346 e. The van der Waals surface area contributed by atoms with Crippen LogP contribution in [0.4, 0.5) is 0 Å². The number of aromatic nitrogens is 2. The number of esters is 1. The van der Waals surface area contributed by atoms with Crippen LogP contribution in [0.15, 0.2) is 64.5 Å². The van der Waals surface area contributed by atoms with Crippen molar-refractivity contribution in [2.45, 2.75) is 46.6 Å². The number of nitrogens with zero attached hydrogens (tertiary/aromatic N) is 3. The van der Waals surface area contributed by atoms with Crippen molar-refractivity contribution >= 4 is 23.1 Å². The lowest BCUT2D eigenvalue weighted by Crippen LogP contribution is -2.25. The minimum atomic E-state index is -0.898. The van der Waals surface area contributed by atoms with Gasteiger partial charge in [0.1, 0.15) is 5.75 Å². The highest BCUT2D eigenvalue weighted by atomic mass is 16.6. The molecule has 0 saturated carbocycles. The van der Waals surface area contributed by atoms with Crippen molar-refractivity contribution in [3.8, 4) is 28.6 Å². The number of carbonyl (C=O) groups is 1. The molecule has 0 aliphatic carbocycles. The first-order valence-corrected chi connectivity index (χ1v) is 13.4.